The number of carboxylic acids is 1. The summed E-state index contributed by atoms with van der Waals surface area (Å²) in [6, 6.07) is 1.66. The van der Waals surface area contributed by atoms with Gasteiger partial charge in [-0.25, -0.2) is 9.78 Å². The number of carboxylic acid groups (broad SMARTS) is 1. The molecule has 0 aliphatic heterocycles. The number of hydrogen-bond donors (Lipinski definition) is 2. The first-order chi connectivity index (χ1) is 9.97. The van der Waals surface area contributed by atoms with Gasteiger partial charge in [0.25, 0.3) is 0 Å². The number of thiophene rings is 1. The molecule has 0 spiro atoms. The van der Waals surface area contributed by atoms with Gasteiger partial charge in [0.2, 0.25) is 5.91 Å². The van der Waals surface area contributed by atoms with E-state index >= 15 is 0 Å². The molecule has 5 nitrogen and oxygen atoms in total. The lowest BCUT2D eigenvalue weighted by atomic mass is 10.2. The topological polar surface area (TPSA) is 79.3 Å². The van der Waals surface area contributed by atoms with Crippen molar-refractivity contribution in [3.8, 4) is 0 Å². The Morgan fingerprint density at radius 2 is 2.19 bits per heavy atom. The van der Waals surface area contributed by atoms with Crippen LogP contribution in [0.15, 0.2) is 22.9 Å². The maximum absolute atomic E-state index is 11.8. The van der Waals surface area contributed by atoms with Gasteiger partial charge in [-0.1, -0.05) is 0 Å². The van der Waals surface area contributed by atoms with Gasteiger partial charge in [-0.05, 0) is 36.9 Å². The van der Waals surface area contributed by atoms with Crippen molar-refractivity contribution in [1.82, 2.24) is 10.3 Å². The normalized spacial score (nSPS) is 12.5. The summed E-state index contributed by atoms with van der Waals surface area (Å²) in [5.74, 6) is -1.30. The fraction of sp³-hybridized carbons (Fsp3) is 0.214. The zero-order valence-corrected chi connectivity index (χ0v) is 13.1. The van der Waals surface area contributed by atoms with Crippen LogP contribution in [0.3, 0.4) is 0 Å². The smallest absolute Gasteiger partial charge is 0.355 e. The lowest BCUT2D eigenvalue weighted by Crippen LogP contribution is -2.24. The lowest BCUT2D eigenvalue weighted by molar-refractivity contribution is -0.117. The number of amides is 1. The van der Waals surface area contributed by atoms with Gasteiger partial charge in [0.1, 0.15) is 5.01 Å². The number of aromatic nitrogens is 1. The predicted octanol–water partition coefficient (Wildman–Crippen LogP) is 3.10. The molecule has 2 rings (SSSR count). The van der Waals surface area contributed by atoms with Gasteiger partial charge in [0, 0.05) is 16.3 Å². The molecule has 0 saturated carbocycles. The zero-order valence-electron chi connectivity index (χ0n) is 11.5. The van der Waals surface area contributed by atoms with E-state index in [1.165, 1.54) is 22.8 Å². The predicted molar refractivity (Wildman–Crippen MR) is 83.7 cm³/mol. The van der Waals surface area contributed by atoms with Crippen molar-refractivity contribution < 1.29 is 14.7 Å². The average Bonchev–Trinajstić information content (AvgIpc) is 3.05. The van der Waals surface area contributed by atoms with E-state index in [1.807, 2.05) is 18.4 Å². The molecule has 1 unspecified atom stereocenters. The fourth-order valence-electron chi connectivity index (χ4n) is 1.61. The molecule has 7 heteroatoms. The van der Waals surface area contributed by atoms with Crippen LogP contribution in [0.1, 0.15) is 38.9 Å². The molecule has 2 heterocycles. The molecule has 0 fully saturated rings. The molecule has 21 heavy (non-hydrogen) atoms. The van der Waals surface area contributed by atoms with Gasteiger partial charge < -0.3 is 10.4 Å². The Kier molecular flexibility index (Phi) is 4.87. The molecule has 0 aliphatic carbocycles. The van der Waals surface area contributed by atoms with E-state index in [1.54, 1.807) is 24.3 Å². The fourth-order valence-corrected chi connectivity index (χ4v) is 3.23. The minimum atomic E-state index is -1.07. The highest BCUT2D eigenvalue weighted by Gasteiger charge is 2.14. The molecule has 2 aromatic rings. The third-order valence-corrected chi connectivity index (χ3v) is 4.77. The number of nitrogens with one attached hydrogen (secondary N) is 1. The highest BCUT2D eigenvalue weighted by molar-refractivity contribution is 7.11. The quantitative estimate of drug-likeness (QED) is 0.829. The number of nitrogens with zero attached hydrogens (tertiary/aromatic N) is 1. The summed E-state index contributed by atoms with van der Waals surface area (Å²) < 4.78 is 0. The van der Waals surface area contributed by atoms with Crippen LogP contribution in [-0.2, 0) is 4.79 Å². The zero-order chi connectivity index (χ0) is 15.4. The summed E-state index contributed by atoms with van der Waals surface area (Å²) in [6.45, 7) is 3.76. The Morgan fingerprint density at radius 1 is 1.43 bits per heavy atom. The largest absolute Gasteiger partial charge is 0.476 e. The Balaban J connectivity index is 1.97. The molecule has 0 aromatic carbocycles. The number of aromatic carboxylic acids is 1. The number of rotatable bonds is 5. The summed E-state index contributed by atoms with van der Waals surface area (Å²) in [7, 11) is 0. The molecular formula is C14H14N2O3S2. The van der Waals surface area contributed by atoms with Crippen molar-refractivity contribution in [2.45, 2.75) is 19.9 Å². The number of aryl methyl sites for hydroxylation is 1. The van der Waals surface area contributed by atoms with E-state index in [-0.39, 0.29) is 17.6 Å². The highest BCUT2D eigenvalue weighted by Crippen LogP contribution is 2.19. The molecule has 0 saturated heterocycles. The van der Waals surface area contributed by atoms with Crippen LogP contribution in [0.4, 0.5) is 0 Å². The van der Waals surface area contributed by atoms with Crippen LogP contribution < -0.4 is 5.32 Å². The SMILES string of the molecule is Cc1ccsc1C=CC(=O)NC(C)c1nc(C(=O)O)cs1. The molecule has 0 aliphatic rings. The number of hydrogen-bond acceptors (Lipinski definition) is 5. The minimum absolute atomic E-state index is 0.000788. The third kappa shape index (κ3) is 3.99. The molecule has 110 valence electrons. The van der Waals surface area contributed by atoms with Gasteiger partial charge >= 0.3 is 5.97 Å². The number of thiazole rings is 1. The van der Waals surface area contributed by atoms with E-state index in [2.05, 4.69) is 10.3 Å². The van der Waals surface area contributed by atoms with E-state index in [4.69, 9.17) is 5.11 Å². The van der Waals surface area contributed by atoms with Crippen LogP contribution in [0.5, 0.6) is 0 Å². The standard InChI is InChI=1S/C14H14N2O3S2/c1-8-5-6-20-11(8)3-4-12(17)15-9(2)13-16-10(7-21-13)14(18)19/h3-7,9H,1-2H3,(H,15,17)(H,18,19). The summed E-state index contributed by atoms with van der Waals surface area (Å²) in [4.78, 5) is 27.6. The van der Waals surface area contributed by atoms with E-state index in [0.717, 1.165) is 10.4 Å². The summed E-state index contributed by atoms with van der Waals surface area (Å²) >= 11 is 2.79. The van der Waals surface area contributed by atoms with E-state index in [0.29, 0.717) is 5.01 Å². The molecule has 0 radical (unpaired) electrons. The maximum Gasteiger partial charge on any atom is 0.355 e. The van der Waals surface area contributed by atoms with Crippen LogP contribution in [0.2, 0.25) is 0 Å². The van der Waals surface area contributed by atoms with Crippen molar-refractivity contribution in [2.75, 3.05) is 0 Å². The Labute approximate surface area is 130 Å². The highest BCUT2D eigenvalue weighted by atomic mass is 32.1. The van der Waals surface area contributed by atoms with Crippen molar-refractivity contribution in [2.24, 2.45) is 0 Å². The third-order valence-electron chi connectivity index (χ3n) is 2.76. The first kappa shape index (κ1) is 15.4. The second kappa shape index (κ2) is 6.64. The van der Waals surface area contributed by atoms with Crippen molar-refractivity contribution in [3.05, 3.63) is 44.0 Å². The summed E-state index contributed by atoms with van der Waals surface area (Å²) in [6.07, 6.45) is 3.24. The van der Waals surface area contributed by atoms with E-state index in [9.17, 15) is 9.59 Å². The van der Waals surface area contributed by atoms with E-state index < -0.39 is 5.97 Å². The first-order valence-electron chi connectivity index (χ1n) is 6.18. The summed E-state index contributed by atoms with van der Waals surface area (Å²) in [5, 5.41) is 15.6. The number of carbonyl (C=O) groups is 2. The monoisotopic (exact) mass is 322 g/mol. The van der Waals surface area contributed by atoms with Crippen LogP contribution in [-0.4, -0.2) is 22.0 Å². The molecule has 2 N–H and O–H groups in total. The van der Waals surface area contributed by atoms with Gasteiger partial charge in [-0.15, -0.1) is 22.7 Å². The molecule has 1 atom stereocenters. The van der Waals surface area contributed by atoms with Crippen LogP contribution in [0.25, 0.3) is 6.08 Å². The summed E-state index contributed by atoms with van der Waals surface area (Å²) in [5.41, 5.74) is 1.13. The average molecular weight is 322 g/mol. The van der Waals surface area contributed by atoms with Crippen molar-refractivity contribution in [3.63, 3.8) is 0 Å². The van der Waals surface area contributed by atoms with Gasteiger partial charge in [-0.3, -0.25) is 4.79 Å². The van der Waals surface area contributed by atoms with Crippen molar-refractivity contribution in [1.29, 1.82) is 0 Å². The van der Waals surface area contributed by atoms with Crippen molar-refractivity contribution >= 4 is 40.6 Å². The number of carbonyl (C=O) groups excluding carboxylic acids is 1. The Hall–Kier alpha value is -1.99. The van der Waals surface area contributed by atoms with Crippen LogP contribution in [0, 0.1) is 6.92 Å². The molecule has 1 amide bonds. The molecule has 0 bridgehead atoms. The lowest BCUT2D eigenvalue weighted by Gasteiger charge is -2.08. The second-order valence-corrected chi connectivity index (χ2v) is 6.24. The Bertz CT molecular complexity index is 688. The Morgan fingerprint density at radius 3 is 2.76 bits per heavy atom. The van der Waals surface area contributed by atoms with Gasteiger partial charge in [0.15, 0.2) is 5.69 Å². The van der Waals surface area contributed by atoms with Gasteiger partial charge in [0.05, 0.1) is 6.04 Å². The first-order valence-corrected chi connectivity index (χ1v) is 7.94. The van der Waals surface area contributed by atoms with Gasteiger partial charge in [-0.2, -0.15) is 0 Å². The van der Waals surface area contributed by atoms with Crippen LogP contribution >= 0.6 is 22.7 Å². The minimum Gasteiger partial charge on any atom is -0.476 e. The maximum atomic E-state index is 11.8. The molecular weight excluding hydrogens is 308 g/mol. The molecule has 2 aromatic heterocycles. The second-order valence-electron chi connectivity index (χ2n) is 4.41.